The van der Waals surface area contributed by atoms with Crippen LogP contribution >= 0.6 is 0 Å². The number of alkyl halides is 3. The summed E-state index contributed by atoms with van der Waals surface area (Å²) in [6, 6.07) is 4.89. The van der Waals surface area contributed by atoms with Gasteiger partial charge in [-0.15, -0.1) is 0 Å². The minimum atomic E-state index is -4.50. The maximum Gasteiger partial charge on any atom is 0.416 e. The Morgan fingerprint density at radius 3 is 2.07 bits per heavy atom. The van der Waals surface area contributed by atoms with Crippen molar-refractivity contribution in [3.63, 3.8) is 0 Å². The lowest BCUT2D eigenvalue weighted by Gasteiger charge is -2.17. The second-order valence-corrected chi connectivity index (χ2v) is 5.61. The van der Waals surface area contributed by atoms with Gasteiger partial charge in [0.1, 0.15) is 17.7 Å². The van der Waals surface area contributed by atoms with Crippen LogP contribution in [-0.2, 0) is 22.1 Å². The number of ether oxygens (including phenoxy) is 1. The average molecular weight is 387 g/mol. The smallest absolute Gasteiger partial charge is 0.416 e. The fraction of sp³-hybridized carbons (Fsp3) is 0.222. The highest BCUT2D eigenvalue weighted by Gasteiger charge is 2.30. The molecule has 1 N–H and O–H groups in total. The van der Waals surface area contributed by atoms with Gasteiger partial charge in [0.15, 0.2) is 0 Å². The van der Waals surface area contributed by atoms with Crippen molar-refractivity contribution in [2.24, 2.45) is 0 Å². The third kappa shape index (κ3) is 5.50. The van der Waals surface area contributed by atoms with Gasteiger partial charge in [-0.3, -0.25) is 4.79 Å². The van der Waals surface area contributed by atoms with Gasteiger partial charge in [0, 0.05) is 18.1 Å². The molecule has 1 atom stereocenters. The Morgan fingerprint density at radius 1 is 1.04 bits per heavy atom. The number of benzene rings is 2. The third-order valence-corrected chi connectivity index (χ3v) is 3.64. The van der Waals surface area contributed by atoms with E-state index in [0.717, 1.165) is 43.5 Å². The van der Waals surface area contributed by atoms with Gasteiger partial charge in [0.25, 0.3) is 5.91 Å². The van der Waals surface area contributed by atoms with E-state index < -0.39 is 41.3 Å². The number of halogens is 5. The molecule has 0 aliphatic carbocycles. The normalized spacial score (nSPS) is 12.4. The largest absolute Gasteiger partial charge is 0.467 e. The highest BCUT2D eigenvalue weighted by Crippen LogP contribution is 2.29. The first-order chi connectivity index (χ1) is 12.6. The zero-order chi connectivity index (χ0) is 20.2. The third-order valence-electron chi connectivity index (χ3n) is 3.64. The van der Waals surface area contributed by atoms with E-state index in [1.54, 1.807) is 0 Å². The molecule has 0 bridgehead atoms. The summed E-state index contributed by atoms with van der Waals surface area (Å²) in [5.74, 6) is -3.74. The fourth-order valence-corrected chi connectivity index (χ4v) is 2.33. The summed E-state index contributed by atoms with van der Waals surface area (Å²) < 4.78 is 68.8. The molecule has 4 nitrogen and oxygen atoms in total. The topological polar surface area (TPSA) is 55.4 Å². The van der Waals surface area contributed by atoms with E-state index in [2.05, 4.69) is 10.1 Å². The molecule has 9 heteroatoms. The van der Waals surface area contributed by atoms with Crippen LogP contribution in [0.5, 0.6) is 0 Å². The Labute approximate surface area is 150 Å². The SMILES string of the molecule is COC(=O)[C@H](Cc1ccc(C(F)(F)F)cc1)NC(=O)c1cc(F)cc(F)c1. The van der Waals surface area contributed by atoms with Crippen molar-refractivity contribution < 1.29 is 36.3 Å². The van der Waals surface area contributed by atoms with Crippen LogP contribution in [-0.4, -0.2) is 25.0 Å². The maximum absolute atomic E-state index is 13.2. The van der Waals surface area contributed by atoms with Crippen molar-refractivity contribution in [3.05, 3.63) is 70.8 Å². The van der Waals surface area contributed by atoms with Crippen LogP contribution in [0.15, 0.2) is 42.5 Å². The number of hydrogen-bond acceptors (Lipinski definition) is 3. The van der Waals surface area contributed by atoms with E-state index in [-0.39, 0.29) is 12.0 Å². The number of methoxy groups -OCH3 is 1. The van der Waals surface area contributed by atoms with Crippen LogP contribution in [0, 0.1) is 11.6 Å². The van der Waals surface area contributed by atoms with E-state index in [9.17, 15) is 31.5 Å². The molecule has 0 aliphatic heterocycles. The number of hydrogen-bond donors (Lipinski definition) is 1. The molecule has 2 aromatic rings. The summed E-state index contributed by atoms with van der Waals surface area (Å²) in [5.41, 5.74) is -0.891. The van der Waals surface area contributed by atoms with Crippen LogP contribution in [0.4, 0.5) is 22.0 Å². The van der Waals surface area contributed by atoms with Crippen LogP contribution in [0.1, 0.15) is 21.5 Å². The number of carbonyl (C=O) groups excluding carboxylic acids is 2. The molecule has 2 aromatic carbocycles. The molecule has 0 saturated heterocycles. The van der Waals surface area contributed by atoms with Crippen molar-refractivity contribution in [1.29, 1.82) is 0 Å². The molecule has 27 heavy (non-hydrogen) atoms. The predicted octanol–water partition coefficient (Wildman–Crippen LogP) is 3.50. The molecule has 0 unspecified atom stereocenters. The van der Waals surface area contributed by atoms with Crippen LogP contribution in [0.2, 0.25) is 0 Å². The summed E-state index contributed by atoms with van der Waals surface area (Å²) in [6.07, 6.45) is -4.68. The van der Waals surface area contributed by atoms with E-state index in [1.165, 1.54) is 0 Å². The lowest BCUT2D eigenvalue weighted by Crippen LogP contribution is -2.43. The van der Waals surface area contributed by atoms with Gasteiger partial charge < -0.3 is 10.1 Å². The lowest BCUT2D eigenvalue weighted by molar-refractivity contribution is -0.143. The molecular formula is C18H14F5NO3. The summed E-state index contributed by atoms with van der Waals surface area (Å²) in [4.78, 5) is 24.0. The molecule has 0 heterocycles. The molecule has 0 aromatic heterocycles. The number of amides is 1. The molecule has 0 spiro atoms. The number of esters is 1. The molecular weight excluding hydrogens is 373 g/mol. The van der Waals surface area contributed by atoms with Crippen LogP contribution in [0.3, 0.4) is 0 Å². The Balaban J connectivity index is 2.18. The van der Waals surface area contributed by atoms with Gasteiger partial charge >= 0.3 is 12.1 Å². The van der Waals surface area contributed by atoms with Gasteiger partial charge in [-0.1, -0.05) is 12.1 Å². The predicted molar refractivity (Wildman–Crippen MR) is 84.8 cm³/mol. The van der Waals surface area contributed by atoms with E-state index >= 15 is 0 Å². The fourth-order valence-electron chi connectivity index (χ4n) is 2.33. The number of carbonyl (C=O) groups is 2. The molecule has 2 rings (SSSR count). The number of nitrogens with one attached hydrogen (secondary N) is 1. The summed E-state index contributed by atoms with van der Waals surface area (Å²) in [7, 11) is 1.07. The Kier molecular flexibility index (Phi) is 6.14. The molecule has 144 valence electrons. The van der Waals surface area contributed by atoms with Crippen LogP contribution in [0.25, 0.3) is 0 Å². The van der Waals surface area contributed by atoms with Crippen molar-refractivity contribution in [3.8, 4) is 0 Å². The second kappa shape index (κ2) is 8.15. The Hall–Kier alpha value is -2.97. The summed E-state index contributed by atoms with van der Waals surface area (Å²) in [5, 5.41) is 2.26. The van der Waals surface area contributed by atoms with Gasteiger partial charge in [0.2, 0.25) is 0 Å². The first kappa shape index (κ1) is 20.3. The van der Waals surface area contributed by atoms with E-state index in [4.69, 9.17) is 0 Å². The zero-order valence-electron chi connectivity index (χ0n) is 13.9. The first-order valence-electron chi connectivity index (χ1n) is 7.61. The summed E-state index contributed by atoms with van der Waals surface area (Å²) in [6.45, 7) is 0. The quantitative estimate of drug-likeness (QED) is 0.631. The van der Waals surface area contributed by atoms with Crippen molar-refractivity contribution >= 4 is 11.9 Å². The molecule has 0 radical (unpaired) electrons. The molecule has 0 saturated carbocycles. The monoisotopic (exact) mass is 387 g/mol. The van der Waals surface area contributed by atoms with Crippen molar-refractivity contribution in [1.82, 2.24) is 5.32 Å². The standard InChI is InChI=1S/C18H14F5NO3/c1-27-17(26)15(6-10-2-4-12(5-3-10)18(21,22)23)24-16(25)11-7-13(19)9-14(20)8-11/h2-5,7-9,15H,6H2,1H3,(H,24,25)/t15-/m0/s1. The van der Waals surface area contributed by atoms with Gasteiger partial charge in [0.05, 0.1) is 12.7 Å². The minimum Gasteiger partial charge on any atom is -0.467 e. The Bertz CT molecular complexity index is 814. The maximum atomic E-state index is 13.2. The van der Waals surface area contributed by atoms with Crippen molar-refractivity contribution in [2.75, 3.05) is 7.11 Å². The average Bonchev–Trinajstić information content (AvgIpc) is 2.59. The van der Waals surface area contributed by atoms with Crippen molar-refractivity contribution in [2.45, 2.75) is 18.6 Å². The van der Waals surface area contributed by atoms with Gasteiger partial charge in [-0.2, -0.15) is 13.2 Å². The highest BCUT2D eigenvalue weighted by molar-refractivity contribution is 5.96. The minimum absolute atomic E-state index is 0.172. The zero-order valence-corrected chi connectivity index (χ0v) is 13.9. The van der Waals surface area contributed by atoms with E-state index in [0.29, 0.717) is 11.6 Å². The molecule has 0 fully saturated rings. The van der Waals surface area contributed by atoms with E-state index in [1.807, 2.05) is 0 Å². The lowest BCUT2D eigenvalue weighted by atomic mass is 10.0. The van der Waals surface area contributed by atoms with Gasteiger partial charge in [-0.25, -0.2) is 13.6 Å². The highest BCUT2D eigenvalue weighted by atomic mass is 19.4. The number of rotatable bonds is 5. The van der Waals surface area contributed by atoms with Gasteiger partial charge in [-0.05, 0) is 29.8 Å². The molecule has 1 amide bonds. The van der Waals surface area contributed by atoms with Crippen LogP contribution < -0.4 is 5.32 Å². The second-order valence-electron chi connectivity index (χ2n) is 5.61. The molecule has 0 aliphatic rings. The Morgan fingerprint density at radius 2 is 1.59 bits per heavy atom. The summed E-state index contributed by atoms with van der Waals surface area (Å²) >= 11 is 0. The first-order valence-corrected chi connectivity index (χ1v) is 7.61.